The molecule has 0 bridgehead atoms. The summed E-state index contributed by atoms with van der Waals surface area (Å²) < 4.78 is 27.4. The minimum Gasteiger partial charge on any atom is -0.309 e. The molecule has 0 saturated heterocycles. The Kier molecular flexibility index (Phi) is 7.83. The lowest BCUT2D eigenvalue weighted by molar-refractivity contribution is 0.327. The zero-order valence-electron chi connectivity index (χ0n) is 13.4. The van der Waals surface area contributed by atoms with Gasteiger partial charge >= 0.3 is 0 Å². The van der Waals surface area contributed by atoms with Gasteiger partial charge in [0.15, 0.2) is 0 Å². The molecule has 0 aliphatic rings. The highest BCUT2D eigenvalue weighted by molar-refractivity contribution is 7.91. The van der Waals surface area contributed by atoms with Crippen molar-refractivity contribution in [1.82, 2.24) is 14.1 Å². The molecule has 0 radical (unpaired) electrons. The Hall–Kier alpha value is -0.470. The van der Waals surface area contributed by atoms with Crippen LogP contribution in [0, 0.1) is 0 Å². The maximum Gasteiger partial charge on any atom is 0.252 e. The van der Waals surface area contributed by atoms with Crippen LogP contribution in [0.3, 0.4) is 0 Å². The van der Waals surface area contributed by atoms with Crippen LogP contribution in [0.2, 0.25) is 0 Å². The number of thiophene rings is 1. The summed E-state index contributed by atoms with van der Waals surface area (Å²) >= 11 is 1.29. The summed E-state index contributed by atoms with van der Waals surface area (Å²) in [6.45, 7) is 2.94. The van der Waals surface area contributed by atoms with Crippen LogP contribution >= 0.6 is 11.3 Å². The summed E-state index contributed by atoms with van der Waals surface area (Å²) in [5.74, 6) is 0. The highest BCUT2D eigenvalue weighted by atomic mass is 32.2. The molecule has 0 atom stereocenters. The Morgan fingerprint density at radius 3 is 1.86 bits per heavy atom. The first-order chi connectivity index (χ1) is 9.84. The summed E-state index contributed by atoms with van der Waals surface area (Å²) in [6.07, 6.45) is 1.69. The summed E-state index contributed by atoms with van der Waals surface area (Å²) in [4.78, 5) is 4.16. The van der Waals surface area contributed by atoms with Crippen LogP contribution in [0.15, 0.2) is 21.7 Å². The third-order valence-electron chi connectivity index (χ3n) is 3.11. The molecule has 0 N–H and O–H groups in total. The Labute approximate surface area is 133 Å². The summed E-state index contributed by atoms with van der Waals surface area (Å²) in [5, 5.41) is 1.81. The Morgan fingerprint density at radius 1 is 0.952 bits per heavy atom. The van der Waals surface area contributed by atoms with Crippen molar-refractivity contribution in [2.45, 2.75) is 17.1 Å². The van der Waals surface area contributed by atoms with Crippen LogP contribution in [0.4, 0.5) is 0 Å². The molecule has 1 aromatic rings. The van der Waals surface area contributed by atoms with E-state index in [1.807, 2.05) is 33.6 Å². The molecule has 1 aromatic heterocycles. The maximum atomic E-state index is 12.7. The molecule has 0 spiro atoms. The molecular formula is C14H27N3O2S2. The predicted molar refractivity (Wildman–Crippen MR) is 89.4 cm³/mol. The number of hydrogen-bond donors (Lipinski definition) is 0. The molecule has 5 nitrogen and oxygen atoms in total. The normalized spacial score (nSPS) is 12.7. The maximum absolute atomic E-state index is 12.7. The summed E-state index contributed by atoms with van der Waals surface area (Å²) in [6, 6.07) is 3.47. The number of hydrogen-bond acceptors (Lipinski definition) is 5. The zero-order chi connectivity index (χ0) is 15.9. The van der Waals surface area contributed by atoms with Crippen molar-refractivity contribution in [3.05, 3.63) is 17.5 Å². The first-order valence-electron chi connectivity index (χ1n) is 7.17. The fourth-order valence-corrected chi connectivity index (χ4v) is 4.68. The van der Waals surface area contributed by atoms with E-state index in [2.05, 4.69) is 9.80 Å². The predicted octanol–water partition coefficient (Wildman–Crippen LogP) is 1.64. The lowest BCUT2D eigenvalue weighted by Gasteiger charge is -2.23. The van der Waals surface area contributed by atoms with Crippen molar-refractivity contribution in [2.75, 3.05) is 54.4 Å². The van der Waals surface area contributed by atoms with Gasteiger partial charge in [-0.2, -0.15) is 4.31 Å². The van der Waals surface area contributed by atoms with Crippen molar-refractivity contribution in [3.63, 3.8) is 0 Å². The quantitative estimate of drug-likeness (QED) is 0.653. The monoisotopic (exact) mass is 333 g/mol. The third-order valence-corrected chi connectivity index (χ3v) is 6.39. The van der Waals surface area contributed by atoms with Gasteiger partial charge in [-0.25, -0.2) is 8.42 Å². The van der Waals surface area contributed by atoms with Crippen LogP contribution in [0.25, 0.3) is 0 Å². The molecule has 122 valence electrons. The van der Waals surface area contributed by atoms with E-state index >= 15 is 0 Å². The fraction of sp³-hybridized carbons (Fsp3) is 0.714. The van der Waals surface area contributed by atoms with Crippen molar-refractivity contribution in [3.8, 4) is 0 Å². The second kappa shape index (κ2) is 8.85. The Bertz CT molecular complexity index is 470. The van der Waals surface area contributed by atoms with Gasteiger partial charge in [-0.05, 0) is 65.6 Å². The van der Waals surface area contributed by atoms with Gasteiger partial charge < -0.3 is 9.80 Å². The number of rotatable bonds is 10. The van der Waals surface area contributed by atoms with Gasteiger partial charge in [0, 0.05) is 13.1 Å². The summed E-state index contributed by atoms with van der Waals surface area (Å²) in [5.41, 5.74) is 0. The topological polar surface area (TPSA) is 43.9 Å². The lowest BCUT2D eigenvalue weighted by atomic mass is 10.3. The SMILES string of the molecule is CN(C)CCCN(CCCN(C)C)S(=O)(=O)c1cccs1. The van der Waals surface area contributed by atoms with E-state index < -0.39 is 10.0 Å². The molecule has 0 unspecified atom stereocenters. The van der Waals surface area contributed by atoms with Crippen LogP contribution in [-0.4, -0.2) is 76.9 Å². The van der Waals surface area contributed by atoms with Gasteiger partial charge in [0.1, 0.15) is 4.21 Å². The molecule has 0 aliphatic heterocycles. The van der Waals surface area contributed by atoms with Crippen molar-refractivity contribution < 1.29 is 8.42 Å². The third kappa shape index (κ3) is 6.44. The molecule has 0 aromatic carbocycles. The zero-order valence-corrected chi connectivity index (χ0v) is 15.1. The van der Waals surface area contributed by atoms with E-state index in [1.165, 1.54) is 11.3 Å². The van der Waals surface area contributed by atoms with Gasteiger partial charge in [-0.15, -0.1) is 11.3 Å². The molecular weight excluding hydrogens is 306 g/mol. The van der Waals surface area contributed by atoms with Crippen molar-refractivity contribution in [1.29, 1.82) is 0 Å². The number of sulfonamides is 1. The second-order valence-electron chi connectivity index (χ2n) is 5.65. The van der Waals surface area contributed by atoms with Crippen molar-refractivity contribution in [2.24, 2.45) is 0 Å². The Morgan fingerprint density at radius 2 is 1.48 bits per heavy atom. The molecule has 0 aliphatic carbocycles. The molecule has 1 heterocycles. The largest absolute Gasteiger partial charge is 0.309 e. The lowest BCUT2D eigenvalue weighted by Crippen LogP contribution is -2.35. The fourth-order valence-electron chi connectivity index (χ4n) is 2.02. The standard InChI is InChI=1S/C14H27N3O2S2/c1-15(2)9-6-11-17(12-7-10-16(3)4)21(18,19)14-8-5-13-20-14/h5,8,13H,6-7,9-12H2,1-4H3. The minimum absolute atomic E-state index is 0.442. The van der Waals surface area contributed by atoms with E-state index in [1.54, 1.807) is 16.4 Å². The molecule has 0 saturated carbocycles. The molecule has 21 heavy (non-hydrogen) atoms. The van der Waals surface area contributed by atoms with Crippen LogP contribution < -0.4 is 0 Å². The average molecular weight is 334 g/mol. The molecule has 1 rings (SSSR count). The second-order valence-corrected chi connectivity index (χ2v) is 8.76. The summed E-state index contributed by atoms with van der Waals surface area (Å²) in [7, 11) is 4.68. The van der Waals surface area contributed by atoms with Crippen LogP contribution in [-0.2, 0) is 10.0 Å². The van der Waals surface area contributed by atoms with Crippen LogP contribution in [0.5, 0.6) is 0 Å². The average Bonchev–Trinajstić information content (AvgIpc) is 2.90. The van der Waals surface area contributed by atoms with E-state index in [9.17, 15) is 8.42 Å². The number of nitrogens with zero attached hydrogens (tertiary/aromatic N) is 3. The van der Waals surface area contributed by atoms with Gasteiger partial charge in [0.2, 0.25) is 0 Å². The highest BCUT2D eigenvalue weighted by Crippen LogP contribution is 2.21. The highest BCUT2D eigenvalue weighted by Gasteiger charge is 2.24. The van der Waals surface area contributed by atoms with Gasteiger partial charge in [0.05, 0.1) is 0 Å². The minimum atomic E-state index is -3.34. The van der Waals surface area contributed by atoms with Gasteiger partial charge in [-0.1, -0.05) is 6.07 Å². The van der Waals surface area contributed by atoms with Gasteiger partial charge in [-0.3, -0.25) is 0 Å². The molecule has 0 amide bonds. The first-order valence-corrected chi connectivity index (χ1v) is 9.49. The van der Waals surface area contributed by atoms with E-state index in [4.69, 9.17) is 0 Å². The molecule has 0 fully saturated rings. The van der Waals surface area contributed by atoms with Crippen molar-refractivity contribution >= 4 is 21.4 Å². The van der Waals surface area contributed by atoms with E-state index in [0.717, 1.165) is 25.9 Å². The molecule has 7 heteroatoms. The Balaban J connectivity index is 2.70. The van der Waals surface area contributed by atoms with Crippen LogP contribution in [0.1, 0.15) is 12.8 Å². The van der Waals surface area contributed by atoms with E-state index in [0.29, 0.717) is 17.3 Å². The van der Waals surface area contributed by atoms with E-state index in [-0.39, 0.29) is 0 Å². The van der Waals surface area contributed by atoms with Gasteiger partial charge in [0.25, 0.3) is 10.0 Å². The smallest absolute Gasteiger partial charge is 0.252 e. The first kappa shape index (κ1) is 18.6.